The van der Waals surface area contributed by atoms with Crippen LogP contribution in [0.2, 0.25) is 0 Å². The Morgan fingerprint density at radius 2 is 2.11 bits per heavy atom. The van der Waals surface area contributed by atoms with Crippen molar-refractivity contribution in [2.24, 2.45) is 7.05 Å². The molecule has 0 saturated carbocycles. The molecular formula is C21H23N5O2. The maximum Gasteiger partial charge on any atom is 0.255 e. The first-order valence-electron chi connectivity index (χ1n) is 9.42. The third-order valence-electron chi connectivity index (χ3n) is 5.29. The molecule has 0 unspecified atom stereocenters. The Kier molecular flexibility index (Phi) is 4.58. The molecular weight excluding hydrogens is 354 g/mol. The summed E-state index contributed by atoms with van der Waals surface area (Å²) in [5.41, 5.74) is 4.62. The molecule has 3 heterocycles. The van der Waals surface area contributed by atoms with E-state index < -0.39 is 5.92 Å². The second kappa shape index (κ2) is 7.07. The smallest absolute Gasteiger partial charge is 0.255 e. The molecule has 0 radical (unpaired) electrons. The van der Waals surface area contributed by atoms with Crippen LogP contribution in [0.3, 0.4) is 0 Å². The summed E-state index contributed by atoms with van der Waals surface area (Å²) in [5.74, 6) is -0.120. The SMILES string of the molecule is CC1=C(C(=O)Nc2ccccn2)[C@@H](c2cn(C)nc2C)C2=C(CCCC2=O)N1. The molecule has 7 nitrogen and oxygen atoms in total. The van der Waals surface area contributed by atoms with Gasteiger partial charge in [0.1, 0.15) is 5.82 Å². The zero-order valence-corrected chi connectivity index (χ0v) is 16.2. The molecule has 7 heteroatoms. The third kappa shape index (κ3) is 3.13. The first-order valence-corrected chi connectivity index (χ1v) is 9.42. The highest BCUT2D eigenvalue weighted by atomic mass is 16.2. The van der Waals surface area contributed by atoms with Gasteiger partial charge in [0.15, 0.2) is 5.78 Å². The molecule has 1 atom stereocenters. The third-order valence-corrected chi connectivity index (χ3v) is 5.29. The van der Waals surface area contributed by atoms with Gasteiger partial charge in [0, 0.05) is 59.9 Å². The number of allylic oxidation sites excluding steroid dienone is 3. The van der Waals surface area contributed by atoms with Gasteiger partial charge in [-0.3, -0.25) is 14.3 Å². The van der Waals surface area contributed by atoms with E-state index in [4.69, 9.17) is 0 Å². The topological polar surface area (TPSA) is 88.9 Å². The molecule has 2 N–H and O–H groups in total. The van der Waals surface area contributed by atoms with E-state index in [1.165, 1.54) is 0 Å². The first-order chi connectivity index (χ1) is 13.5. The number of dihydropyridines is 1. The van der Waals surface area contributed by atoms with Crippen LogP contribution >= 0.6 is 0 Å². The molecule has 2 aromatic rings. The molecule has 1 aliphatic heterocycles. The highest BCUT2D eigenvalue weighted by molar-refractivity contribution is 6.09. The second-order valence-electron chi connectivity index (χ2n) is 7.28. The zero-order valence-electron chi connectivity index (χ0n) is 16.2. The number of anilines is 1. The fourth-order valence-electron chi connectivity index (χ4n) is 4.12. The number of ketones is 1. The number of nitrogens with zero attached hydrogens (tertiary/aromatic N) is 3. The predicted molar refractivity (Wildman–Crippen MR) is 105 cm³/mol. The Morgan fingerprint density at radius 3 is 2.79 bits per heavy atom. The van der Waals surface area contributed by atoms with Crippen molar-refractivity contribution in [3.05, 3.63) is 64.4 Å². The van der Waals surface area contributed by atoms with Crippen molar-refractivity contribution < 1.29 is 9.59 Å². The summed E-state index contributed by atoms with van der Waals surface area (Å²) >= 11 is 0. The van der Waals surface area contributed by atoms with Crippen LogP contribution in [-0.2, 0) is 16.6 Å². The Balaban J connectivity index is 1.82. The number of rotatable bonds is 3. The van der Waals surface area contributed by atoms with Crippen molar-refractivity contribution in [2.75, 3.05) is 5.32 Å². The molecule has 0 spiro atoms. The van der Waals surface area contributed by atoms with Gasteiger partial charge in [-0.15, -0.1) is 0 Å². The largest absolute Gasteiger partial charge is 0.362 e. The van der Waals surface area contributed by atoms with E-state index in [0.717, 1.165) is 35.5 Å². The molecule has 28 heavy (non-hydrogen) atoms. The average molecular weight is 377 g/mol. The van der Waals surface area contributed by atoms with Crippen LogP contribution in [0.4, 0.5) is 5.82 Å². The monoisotopic (exact) mass is 377 g/mol. The van der Waals surface area contributed by atoms with Gasteiger partial charge in [-0.2, -0.15) is 5.10 Å². The summed E-state index contributed by atoms with van der Waals surface area (Å²) in [5, 5.41) is 10.6. The van der Waals surface area contributed by atoms with Gasteiger partial charge in [0.25, 0.3) is 5.91 Å². The van der Waals surface area contributed by atoms with Crippen molar-refractivity contribution >= 4 is 17.5 Å². The van der Waals surface area contributed by atoms with Crippen LogP contribution in [0.1, 0.15) is 43.4 Å². The molecule has 0 fully saturated rings. The van der Waals surface area contributed by atoms with Crippen molar-refractivity contribution in [3.8, 4) is 0 Å². The van der Waals surface area contributed by atoms with Gasteiger partial charge < -0.3 is 10.6 Å². The minimum absolute atomic E-state index is 0.0950. The number of aryl methyl sites for hydroxylation is 2. The molecule has 1 aliphatic carbocycles. The number of carbonyl (C=O) groups is 2. The van der Waals surface area contributed by atoms with E-state index in [1.54, 1.807) is 23.0 Å². The summed E-state index contributed by atoms with van der Waals surface area (Å²) in [4.78, 5) is 30.3. The minimum atomic E-state index is -0.429. The van der Waals surface area contributed by atoms with Crippen LogP contribution in [-0.4, -0.2) is 26.5 Å². The fourth-order valence-corrected chi connectivity index (χ4v) is 4.12. The van der Waals surface area contributed by atoms with Crippen LogP contribution in [0, 0.1) is 6.92 Å². The van der Waals surface area contributed by atoms with Crippen LogP contribution in [0.15, 0.2) is 53.1 Å². The van der Waals surface area contributed by atoms with E-state index in [9.17, 15) is 9.59 Å². The lowest BCUT2D eigenvalue weighted by molar-refractivity contribution is -0.116. The number of hydrogen-bond acceptors (Lipinski definition) is 5. The first kappa shape index (κ1) is 18.2. The van der Waals surface area contributed by atoms with Crippen LogP contribution in [0.5, 0.6) is 0 Å². The van der Waals surface area contributed by atoms with Gasteiger partial charge in [0.05, 0.1) is 5.69 Å². The highest BCUT2D eigenvalue weighted by Gasteiger charge is 2.39. The molecule has 2 aromatic heterocycles. The van der Waals surface area contributed by atoms with Gasteiger partial charge in [-0.05, 0) is 38.8 Å². The lowest BCUT2D eigenvalue weighted by Crippen LogP contribution is -2.35. The molecule has 0 saturated heterocycles. The quantitative estimate of drug-likeness (QED) is 0.859. The number of amides is 1. The van der Waals surface area contributed by atoms with Crippen molar-refractivity contribution in [1.82, 2.24) is 20.1 Å². The van der Waals surface area contributed by atoms with E-state index >= 15 is 0 Å². The molecule has 0 aromatic carbocycles. The summed E-state index contributed by atoms with van der Waals surface area (Å²) in [6.45, 7) is 3.80. The van der Waals surface area contributed by atoms with E-state index in [0.29, 0.717) is 23.4 Å². The Morgan fingerprint density at radius 1 is 1.29 bits per heavy atom. The second-order valence-corrected chi connectivity index (χ2v) is 7.28. The fraction of sp³-hybridized carbons (Fsp3) is 0.333. The molecule has 4 rings (SSSR count). The lowest BCUT2D eigenvalue weighted by atomic mass is 9.75. The molecule has 1 amide bonds. The summed E-state index contributed by atoms with van der Waals surface area (Å²) in [7, 11) is 1.85. The van der Waals surface area contributed by atoms with E-state index in [2.05, 4.69) is 20.7 Å². The Bertz CT molecular complexity index is 1020. The summed E-state index contributed by atoms with van der Waals surface area (Å²) < 4.78 is 1.73. The maximum atomic E-state index is 13.3. The highest BCUT2D eigenvalue weighted by Crippen LogP contribution is 2.43. The summed E-state index contributed by atoms with van der Waals surface area (Å²) in [6.07, 6.45) is 5.67. The van der Waals surface area contributed by atoms with Gasteiger partial charge in [0.2, 0.25) is 0 Å². The number of carbonyl (C=O) groups excluding carboxylic acids is 2. The number of Topliss-reactive ketones (excluding diaryl/α,β-unsaturated/α-hetero) is 1. The number of aromatic nitrogens is 3. The van der Waals surface area contributed by atoms with Gasteiger partial charge in [-0.25, -0.2) is 4.98 Å². The number of nitrogens with one attached hydrogen (secondary N) is 2. The summed E-state index contributed by atoms with van der Waals surface area (Å²) in [6, 6.07) is 5.35. The van der Waals surface area contributed by atoms with Crippen molar-refractivity contribution in [1.29, 1.82) is 0 Å². The predicted octanol–water partition coefficient (Wildman–Crippen LogP) is 2.73. The van der Waals surface area contributed by atoms with E-state index in [1.807, 2.05) is 33.2 Å². The van der Waals surface area contributed by atoms with Crippen LogP contribution in [0.25, 0.3) is 0 Å². The minimum Gasteiger partial charge on any atom is -0.362 e. The van der Waals surface area contributed by atoms with Crippen molar-refractivity contribution in [3.63, 3.8) is 0 Å². The Labute approximate surface area is 163 Å². The van der Waals surface area contributed by atoms with Crippen molar-refractivity contribution in [2.45, 2.75) is 39.0 Å². The van der Waals surface area contributed by atoms with Crippen LogP contribution < -0.4 is 10.6 Å². The molecule has 2 aliphatic rings. The van der Waals surface area contributed by atoms with Gasteiger partial charge in [-0.1, -0.05) is 6.07 Å². The molecule has 144 valence electrons. The number of hydrogen-bond donors (Lipinski definition) is 2. The molecule has 0 bridgehead atoms. The maximum absolute atomic E-state index is 13.3. The number of pyridine rings is 1. The lowest BCUT2D eigenvalue weighted by Gasteiger charge is -2.34. The normalized spacial score (nSPS) is 19.4. The Hall–Kier alpha value is -3.22. The van der Waals surface area contributed by atoms with E-state index in [-0.39, 0.29) is 11.7 Å². The zero-order chi connectivity index (χ0) is 19.8. The average Bonchev–Trinajstić information content (AvgIpc) is 2.99. The van der Waals surface area contributed by atoms with Gasteiger partial charge >= 0.3 is 0 Å². The standard InChI is InChI=1S/C21H23N5O2/c1-12-14(11-26(3)25-12)19-18(21(28)24-17-9-4-5-10-22-17)13(2)23-15-7-6-8-16(27)20(15)19/h4-5,9-11,19,23H,6-8H2,1-3H3,(H,22,24,28)/t19-/m1/s1.